The summed E-state index contributed by atoms with van der Waals surface area (Å²) < 4.78 is 0. The van der Waals surface area contributed by atoms with Crippen molar-refractivity contribution in [2.45, 2.75) is 18.9 Å². The van der Waals surface area contributed by atoms with Gasteiger partial charge in [-0.3, -0.25) is 14.5 Å². The van der Waals surface area contributed by atoms with E-state index in [2.05, 4.69) is 39.8 Å². The molecule has 0 saturated carbocycles. The predicted molar refractivity (Wildman–Crippen MR) is 117 cm³/mol. The molecule has 1 heterocycles. The standard InChI is InChI=1S/C23H27N5O2/c1-27(2)19-11-9-17(10-12-19)21(28-13-5-6-14-28)16-25-22(29)23(30)26-20-8-4-3-7-18(20)15-24/h3-4,7-12,21H,5-6,13-14,16H2,1-2H3,(H,25,29)(H,26,30)/t21-/m0/s1. The van der Waals surface area contributed by atoms with Gasteiger partial charge in [-0.2, -0.15) is 5.26 Å². The average Bonchev–Trinajstić information content (AvgIpc) is 3.29. The van der Waals surface area contributed by atoms with Crippen LogP contribution in [0.4, 0.5) is 11.4 Å². The van der Waals surface area contributed by atoms with Crippen LogP contribution < -0.4 is 15.5 Å². The summed E-state index contributed by atoms with van der Waals surface area (Å²) in [6.07, 6.45) is 2.26. The van der Waals surface area contributed by atoms with Gasteiger partial charge in [0.05, 0.1) is 17.3 Å². The molecule has 1 atom stereocenters. The molecule has 2 aromatic rings. The van der Waals surface area contributed by atoms with Crippen LogP contribution in [0.3, 0.4) is 0 Å². The monoisotopic (exact) mass is 405 g/mol. The first-order valence-electron chi connectivity index (χ1n) is 10.1. The lowest BCUT2D eigenvalue weighted by Gasteiger charge is -2.28. The van der Waals surface area contributed by atoms with Crippen LogP contribution in [0.1, 0.15) is 30.0 Å². The number of nitrogens with zero attached hydrogens (tertiary/aromatic N) is 3. The number of anilines is 2. The molecule has 0 aliphatic carbocycles. The normalized spacial score (nSPS) is 14.6. The minimum absolute atomic E-state index is 0.00635. The molecular weight excluding hydrogens is 378 g/mol. The van der Waals surface area contributed by atoms with E-state index in [-0.39, 0.29) is 6.04 Å². The highest BCUT2D eigenvalue weighted by Gasteiger charge is 2.25. The van der Waals surface area contributed by atoms with Crippen molar-refractivity contribution in [1.82, 2.24) is 10.2 Å². The molecule has 2 N–H and O–H groups in total. The number of carbonyl (C=O) groups excluding carboxylic acids is 2. The van der Waals surface area contributed by atoms with Crippen molar-refractivity contribution < 1.29 is 9.59 Å². The second-order valence-corrected chi connectivity index (χ2v) is 7.57. The highest BCUT2D eigenvalue weighted by Crippen LogP contribution is 2.26. The third-order valence-corrected chi connectivity index (χ3v) is 5.33. The van der Waals surface area contributed by atoms with Gasteiger partial charge in [-0.05, 0) is 55.8 Å². The number of hydrogen-bond acceptors (Lipinski definition) is 5. The maximum absolute atomic E-state index is 12.4. The zero-order chi connectivity index (χ0) is 21.5. The molecule has 3 rings (SSSR count). The molecule has 30 heavy (non-hydrogen) atoms. The van der Waals surface area contributed by atoms with E-state index in [1.54, 1.807) is 24.3 Å². The van der Waals surface area contributed by atoms with Crippen molar-refractivity contribution in [2.75, 3.05) is 43.9 Å². The van der Waals surface area contributed by atoms with Gasteiger partial charge in [0.2, 0.25) is 0 Å². The molecule has 0 aromatic heterocycles. The summed E-state index contributed by atoms with van der Waals surface area (Å²) in [6.45, 7) is 2.28. The van der Waals surface area contributed by atoms with E-state index in [1.807, 2.05) is 25.1 Å². The van der Waals surface area contributed by atoms with Crippen LogP contribution in [-0.2, 0) is 9.59 Å². The van der Waals surface area contributed by atoms with E-state index in [0.717, 1.165) is 37.2 Å². The Bertz CT molecular complexity index is 927. The smallest absolute Gasteiger partial charge is 0.313 e. The number of amides is 2. The topological polar surface area (TPSA) is 88.5 Å². The van der Waals surface area contributed by atoms with Crippen molar-refractivity contribution in [3.05, 3.63) is 59.7 Å². The van der Waals surface area contributed by atoms with Gasteiger partial charge in [0, 0.05) is 26.3 Å². The maximum atomic E-state index is 12.4. The molecular formula is C23H27N5O2. The SMILES string of the molecule is CN(C)c1ccc([C@H](CNC(=O)C(=O)Nc2ccccc2C#N)N2CCCC2)cc1. The molecule has 156 valence electrons. The van der Waals surface area contributed by atoms with Crippen molar-refractivity contribution in [1.29, 1.82) is 5.26 Å². The van der Waals surface area contributed by atoms with Gasteiger partial charge in [0.15, 0.2) is 0 Å². The highest BCUT2D eigenvalue weighted by molar-refractivity contribution is 6.39. The molecule has 2 amide bonds. The number of nitriles is 1. The lowest BCUT2D eigenvalue weighted by molar-refractivity contribution is -0.136. The van der Waals surface area contributed by atoms with Crippen LogP contribution in [0.15, 0.2) is 48.5 Å². The fraction of sp³-hybridized carbons (Fsp3) is 0.348. The molecule has 1 saturated heterocycles. The molecule has 7 heteroatoms. The lowest BCUT2D eigenvalue weighted by Crippen LogP contribution is -2.41. The minimum atomic E-state index is -0.777. The average molecular weight is 406 g/mol. The Kier molecular flexibility index (Phi) is 7.04. The molecule has 0 spiro atoms. The third kappa shape index (κ3) is 5.16. The fourth-order valence-electron chi connectivity index (χ4n) is 3.64. The zero-order valence-corrected chi connectivity index (χ0v) is 17.4. The van der Waals surface area contributed by atoms with Gasteiger partial charge in [-0.25, -0.2) is 0 Å². The number of para-hydroxylation sites is 1. The highest BCUT2D eigenvalue weighted by atomic mass is 16.2. The second-order valence-electron chi connectivity index (χ2n) is 7.57. The minimum Gasteiger partial charge on any atom is -0.378 e. The number of likely N-dealkylation sites (tertiary alicyclic amines) is 1. The number of benzene rings is 2. The van der Waals surface area contributed by atoms with E-state index < -0.39 is 11.8 Å². The van der Waals surface area contributed by atoms with E-state index >= 15 is 0 Å². The Morgan fingerprint density at radius 2 is 1.73 bits per heavy atom. The van der Waals surface area contributed by atoms with Crippen molar-refractivity contribution in [2.24, 2.45) is 0 Å². The van der Waals surface area contributed by atoms with E-state index in [1.165, 1.54) is 0 Å². The summed E-state index contributed by atoms with van der Waals surface area (Å²) in [5.41, 5.74) is 2.86. The predicted octanol–water partition coefficient (Wildman–Crippen LogP) is 2.52. The van der Waals surface area contributed by atoms with Crippen molar-refractivity contribution in [3.8, 4) is 6.07 Å². The summed E-state index contributed by atoms with van der Waals surface area (Å²) in [5.74, 6) is -1.49. The largest absolute Gasteiger partial charge is 0.378 e. The van der Waals surface area contributed by atoms with Crippen LogP contribution in [0, 0.1) is 11.3 Å². The Morgan fingerprint density at radius 1 is 1.07 bits per heavy atom. The number of nitrogens with one attached hydrogen (secondary N) is 2. The summed E-state index contributed by atoms with van der Waals surface area (Å²) >= 11 is 0. The van der Waals surface area contributed by atoms with Crippen LogP contribution >= 0.6 is 0 Å². The molecule has 0 bridgehead atoms. The molecule has 0 unspecified atom stereocenters. The Hall–Kier alpha value is -3.37. The van der Waals surface area contributed by atoms with Crippen molar-refractivity contribution in [3.63, 3.8) is 0 Å². The van der Waals surface area contributed by atoms with E-state index in [0.29, 0.717) is 17.8 Å². The summed E-state index contributed by atoms with van der Waals surface area (Å²) in [5, 5.41) is 14.4. The molecule has 1 aliphatic heterocycles. The van der Waals surface area contributed by atoms with Crippen LogP contribution in [0.5, 0.6) is 0 Å². The fourth-order valence-corrected chi connectivity index (χ4v) is 3.64. The molecule has 1 fully saturated rings. The second kappa shape index (κ2) is 9.90. The Balaban J connectivity index is 1.66. The van der Waals surface area contributed by atoms with Gasteiger partial charge in [-0.1, -0.05) is 24.3 Å². The van der Waals surface area contributed by atoms with Gasteiger partial charge in [0.25, 0.3) is 0 Å². The van der Waals surface area contributed by atoms with Gasteiger partial charge in [-0.15, -0.1) is 0 Å². The van der Waals surface area contributed by atoms with Gasteiger partial charge >= 0.3 is 11.8 Å². The first-order chi connectivity index (χ1) is 14.5. The van der Waals surface area contributed by atoms with Gasteiger partial charge < -0.3 is 15.5 Å². The quantitative estimate of drug-likeness (QED) is 0.721. The van der Waals surface area contributed by atoms with Crippen LogP contribution in [0.25, 0.3) is 0 Å². The van der Waals surface area contributed by atoms with Crippen LogP contribution in [-0.4, -0.2) is 50.4 Å². The van der Waals surface area contributed by atoms with Crippen LogP contribution in [0.2, 0.25) is 0 Å². The number of rotatable bonds is 6. The molecule has 2 aromatic carbocycles. The zero-order valence-electron chi connectivity index (χ0n) is 17.4. The first kappa shape index (κ1) is 21.3. The van der Waals surface area contributed by atoms with E-state index in [9.17, 15) is 9.59 Å². The molecule has 7 nitrogen and oxygen atoms in total. The lowest BCUT2D eigenvalue weighted by atomic mass is 10.0. The third-order valence-electron chi connectivity index (χ3n) is 5.33. The Morgan fingerprint density at radius 3 is 2.37 bits per heavy atom. The Labute approximate surface area is 177 Å². The summed E-state index contributed by atoms with van der Waals surface area (Å²) in [4.78, 5) is 29.1. The molecule has 1 aliphatic rings. The number of carbonyl (C=O) groups is 2. The number of hydrogen-bond donors (Lipinski definition) is 2. The molecule has 0 radical (unpaired) electrons. The maximum Gasteiger partial charge on any atom is 0.313 e. The van der Waals surface area contributed by atoms with E-state index in [4.69, 9.17) is 5.26 Å². The van der Waals surface area contributed by atoms with Crippen molar-refractivity contribution >= 4 is 23.2 Å². The first-order valence-corrected chi connectivity index (χ1v) is 10.1. The summed E-state index contributed by atoms with van der Waals surface area (Å²) in [7, 11) is 3.99. The van der Waals surface area contributed by atoms with Gasteiger partial charge in [0.1, 0.15) is 6.07 Å². The summed E-state index contributed by atoms with van der Waals surface area (Å²) in [6, 6.07) is 16.9.